The molecular formula is C19H28F4I35N8O2-. The summed E-state index contributed by atoms with van der Waals surface area (Å²) in [5.74, 6) is -3.94. The van der Waals surface area contributed by atoms with Gasteiger partial charge in [-0.25, -0.2) is 32.3 Å². The maximum atomic E-state index is 13.3. The quantitative estimate of drug-likeness (QED) is 0.0809. The average Bonchev–Trinajstić information content (AvgIpc) is 3.88. The molecule has 0 bridgehead atoms. The van der Waals surface area contributed by atoms with Crippen LogP contribution in [0.25, 0.3) is 0 Å². The standard InChI is InChI=1S/C12H18F2N4O2.C7H10F2N4.I35/c1-7-15-8(18-17-7)11(5-12(13,14)6-11)16-9(19)20-10(2,3)4;1-4-11-5(13-12-4)6(10)2-7(8,9)3-6;1-19-21(4)23(6)25(8)27(10)29(12)31(14)33(16)35(18)34(17)32(15)30(13)28(11)26(9)24(7)22(5)20(2)3/h5-6H2,1-4H3,(H,16,19)(H,15,17,18);2-3,10H2,1H3,(H,11,12,13);/q;;-1. The van der Waals surface area contributed by atoms with Gasteiger partial charge in [-0.3, -0.25) is 10.2 Å². The van der Waals surface area contributed by atoms with Crippen molar-refractivity contribution in [1.82, 2.24) is 35.7 Å². The summed E-state index contributed by atoms with van der Waals surface area (Å²) in [6, 6.07) is 0. The number of nitrogens with two attached hydrogens (primary N) is 1. The predicted octanol–water partition coefficient (Wildman–Crippen LogP) is 30.1. The summed E-state index contributed by atoms with van der Waals surface area (Å²) in [5.41, 5.74) is 2.69. The number of aryl methyl sites for hydroxylation is 2. The molecule has 2 aliphatic rings. The maximum absolute atomic E-state index is 13.3. The number of amides is 1. The van der Waals surface area contributed by atoms with Crippen LogP contribution in [0.2, 0.25) is 0 Å². The first-order valence-corrected chi connectivity index (χ1v) is 229. The van der Waals surface area contributed by atoms with E-state index in [1.165, 1.54) is 0 Å². The number of ether oxygens (including phenoxy) is 1. The van der Waals surface area contributed by atoms with E-state index in [1.807, 2.05) is 0 Å². The molecule has 0 aliphatic heterocycles. The molecule has 68 heavy (non-hydrogen) atoms. The van der Waals surface area contributed by atoms with E-state index in [1.54, 1.807) is 34.6 Å². The van der Waals surface area contributed by atoms with Crippen LogP contribution in [0.5, 0.6) is 0 Å². The molecule has 0 saturated heterocycles. The third kappa shape index (κ3) is 30.9. The molecule has 2 aromatic rings. The zero-order chi connectivity index (χ0) is 52.8. The number of carbonyl (C=O) groups excluding carboxylic acids is 1. The molecule has 2 fully saturated rings. The van der Waals surface area contributed by atoms with E-state index in [0.29, 0.717) is 24.9 Å². The van der Waals surface area contributed by atoms with Crippen LogP contribution in [0.3, 0.4) is 0 Å². The van der Waals surface area contributed by atoms with Gasteiger partial charge >= 0.3 is 481 Å². The Morgan fingerprint density at radius 1 is 0.588 bits per heavy atom. The first-order valence-electron chi connectivity index (χ1n) is 15.1. The van der Waals surface area contributed by atoms with Crippen molar-refractivity contribution >= 4 is 467 Å². The first-order chi connectivity index (χ1) is 30.9. The van der Waals surface area contributed by atoms with Crippen molar-refractivity contribution in [3.63, 3.8) is 0 Å². The number of rotatable bonds is 19. The normalized spacial score (nSPS) is 20.0. The summed E-state index contributed by atoms with van der Waals surface area (Å²) < 4.78 is 56.8. The topological polar surface area (TPSA) is 147 Å². The van der Waals surface area contributed by atoms with Gasteiger partial charge in [0.2, 0.25) is 0 Å². The van der Waals surface area contributed by atoms with E-state index in [9.17, 15) is 22.4 Å². The molecule has 2 heterocycles. The Balaban J connectivity index is 0.000000396. The molecule has 10 nitrogen and oxygen atoms in total. The Hall–Kier alpha value is 22.8. The fraction of sp³-hybridized carbons (Fsp3) is 0.737. The monoisotopic (exact) mass is 4920 g/mol. The average molecular weight is 4920 g/mol. The minimum absolute atomic E-state index is 0.159. The van der Waals surface area contributed by atoms with E-state index < -0.39 is 166 Å². The predicted molar refractivity (Wildman–Crippen MR) is 584 cm³/mol. The number of aromatic amines is 2. The van der Waals surface area contributed by atoms with E-state index in [4.69, 9.17) is 10.5 Å². The summed E-state index contributed by atoms with van der Waals surface area (Å²) in [6.45, 7) is 8.47. The second-order valence-electron chi connectivity index (χ2n) is 12.4. The molecule has 2 saturated carbocycles. The van der Waals surface area contributed by atoms with Crippen LogP contribution in [0, 0.1) is 13.8 Å². The van der Waals surface area contributed by atoms with Crippen molar-refractivity contribution in [2.75, 3.05) is 0 Å². The Bertz CT molecular complexity index is 1860. The number of halogens is 39. The molecule has 0 atom stereocenters. The number of nitrogens with one attached hydrogen (secondary N) is 3. The van der Waals surface area contributed by atoms with Crippen LogP contribution in [-0.4, -0.2) is 53.9 Å². The summed E-state index contributed by atoms with van der Waals surface area (Å²) in [4.78, 5) is 19.8. The zero-order valence-corrected chi connectivity index (χ0v) is 108. The SMILES string of the molecule is Cc1nc(C2(N)CC(F)(F)C2)n[nH]1.Cc1nc(C2(NC(=O)OC(C)(C)C)CC(F)(F)C2)n[nH]1.I[I-]I(I)I(I)I(I)I(I)I(I)I(I)I(I)I(I)I(I)I(I)I(I)I(I)I(I)I(I)I(I)I(I)I. The number of alkyl halides is 4. The van der Waals surface area contributed by atoms with Gasteiger partial charge in [-0.1, -0.05) is 0 Å². The third-order valence-corrected chi connectivity index (χ3v) is 2570. The molecule has 0 spiro atoms. The Kier molecular flexibility index (Phi) is 54.5. The van der Waals surface area contributed by atoms with Gasteiger partial charge in [0.05, 0.1) is 5.54 Å². The van der Waals surface area contributed by atoms with Crippen LogP contribution in [-0.2, 0) is 15.8 Å². The van der Waals surface area contributed by atoms with Crippen LogP contribution in [0.4, 0.5) is 22.4 Å². The Labute approximate surface area is 633 Å². The molecule has 1 amide bonds. The van der Waals surface area contributed by atoms with Gasteiger partial charge in [0.15, 0.2) is 11.6 Å². The second kappa shape index (κ2) is 42.7. The van der Waals surface area contributed by atoms with Crippen molar-refractivity contribution in [3.05, 3.63) is 23.3 Å². The van der Waals surface area contributed by atoms with Crippen LogP contribution < -0.4 is 24.3 Å². The van der Waals surface area contributed by atoms with Crippen molar-refractivity contribution in [3.8, 4) is 0 Å². The summed E-state index contributed by atoms with van der Waals surface area (Å²) in [7, 11) is -7.57. The van der Waals surface area contributed by atoms with Crippen molar-refractivity contribution < 1.29 is 40.3 Å². The molecule has 430 valence electrons. The molecule has 2 aliphatic carbocycles. The second-order valence-corrected chi connectivity index (χ2v) is 808. The molecule has 2 aromatic heterocycles. The van der Waals surface area contributed by atoms with Gasteiger partial charge in [0.1, 0.15) is 22.8 Å². The van der Waals surface area contributed by atoms with Gasteiger partial charge < -0.3 is 15.8 Å². The molecule has 0 aromatic carbocycles. The van der Waals surface area contributed by atoms with E-state index in [2.05, 4.69) is 371 Å². The molecule has 4 rings (SSSR count). The van der Waals surface area contributed by atoms with Gasteiger partial charge in [0.25, 0.3) is 11.8 Å². The van der Waals surface area contributed by atoms with Crippen LogP contribution >= 0.6 is 461 Å². The Morgan fingerprint density at radius 3 is 1.16 bits per heavy atom. The molecule has 0 unspecified atom stereocenters. The summed E-state index contributed by atoms with van der Waals surface area (Å²) in [5, 5.41) is 15.3. The fourth-order valence-corrected chi connectivity index (χ4v) is 6080. The number of nitrogens with zero attached hydrogens (tertiary/aromatic N) is 4. The molecular weight excluding hydrogens is 4890 g/mol. The molecule has 5 N–H and O–H groups in total. The number of H-pyrrole nitrogens is 2. The van der Waals surface area contributed by atoms with E-state index in [-0.39, 0.29) is 32.4 Å². The van der Waals surface area contributed by atoms with E-state index in [0.717, 1.165) is 0 Å². The number of aromatic nitrogens is 6. The van der Waals surface area contributed by atoms with Gasteiger partial charge in [-0.2, -0.15) is 10.2 Å². The summed E-state index contributed by atoms with van der Waals surface area (Å²) in [6.07, 6.45) is -2.54. The minimum atomic E-state index is -2.83. The zero-order valence-electron chi connectivity index (χ0n) is 32.3. The number of hydrogen-bond acceptors (Lipinski definition) is 7. The van der Waals surface area contributed by atoms with Gasteiger partial charge in [-0.05, 0) is 34.6 Å². The third-order valence-electron chi connectivity index (χ3n) is 6.34. The number of alkyl carbamates (subject to hydrolysis) is 1. The molecule has 0 radical (unpaired) electrons. The van der Waals surface area contributed by atoms with Crippen molar-refractivity contribution in [2.24, 2.45) is 5.73 Å². The van der Waals surface area contributed by atoms with E-state index >= 15 is 0 Å². The number of hydrogen-bond donors (Lipinski definition) is 4. The van der Waals surface area contributed by atoms with Crippen molar-refractivity contribution in [1.29, 1.82) is 0 Å². The fourth-order valence-electron chi connectivity index (χ4n) is 4.23. The Morgan fingerprint density at radius 2 is 0.897 bits per heavy atom. The number of carbonyl (C=O) groups is 1. The summed E-state index contributed by atoms with van der Waals surface area (Å²) >= 11 is 58.1. The van der Waals surface area contributed by atoms with Crippen LogP contribution in [0.1, 0.15) is 69.8 Å². The van der Waals surface area contributed by atoms with Crippen molar-refractivity contribution in [2.45, 2.75) is 88.8 Å². The van der Waals surface area contributed by atoms with Crippen LogP contribution in [0.15, 0.2) is 0 Å². The van der Waals surface area contributed by atoms with Gasteiger partial charge in [0, 0.05) is 25.7 Å². The first kappa shape index (κ1) is 86.9. The van der Waals surface area contributed by atoms with Gasteiger partial charge in [-0.15, -0.1) is 0 Å². The molecule has 49 heteroatoms.